The molecular weight excluding hydrogens is 238 g/mol. The van der Waals surface area contributed by atoms with Gasteiger partial charge in [0, 0.05) is 32.3 Å². The molecule has 0 radical (unpaired) electrons. The van der Waals surface area contributed by atoms with E-state index >= 15 is 0 Å². The molecule has 0 spiro atoms. The topological polar surface area (TPSA) is 55.3 Å². The molecule has 0 bridgehead atoms. The first-order valence-electron chi connectivity index (χ1n) is 6.70. The largest absolute Gasteiger partial charge is 0.441 e. The highest BCUT2D eigenvalue weighted by Gasteiger charge is 2.16. The number of hydrogen-bond acceptors (Lipinski definition) is 4. The first kappa shape index (κ1) is 13.9. The van der Waals surface area contributed by atoms with Gasteiger partial charge in [-0.15, -0.1) is 0 Å². The van der Waals surface area contributed by atoms with E-state index in [1.165, 1.54) is 0 Å². The third-order valence-electron chi connectivity index (χ3n) is 3.60. The molecular formula is C15H23N3O. The van der Waals surface area contributed by atoms with Gasteiger partial charge in [0.2, 0.25) is 0 Å². The van der Waals surface area contributed by atoms with E-state index in [4.69, 9.17) is 10.2 Å². The number of nitrogens with zero attached hydrogens (tertiary/aromatic N) is 2. The highest BCUT2D eigenvalue weighted by molar-refractivity contribution is 5.77. The number of anilines is 1. The van der Waals surface area contributed by atoms with Crippen LogP contribution in [0.5, 0.6) is 0 Å². The van der Waals surface area contributed by atoms with E-state index in [9.17, 15) is 0 Å². The minimum Gasteiger partial charge on any atom is -0.441 e. The number of aromatic nitrogens is 1. The first-order valence-corrected chi connectivity index (χ1v) is 6.70. The highest BCUT2D eigenvalue weighted by atomic mass is 16.3. The van der Waals surface area contributed by atoms with Crippen LogP contribution >= 0.6 is 0 Å². The van der Waals surface area contributed by atoms with Crippen molar-refractivity contribution in [1.82, 2.24) is 4.98 Å². The zero-order valence-corrected chi connectivity index (χ0v) is 12.2. The van der Waals surface area contributed by atoms with Crippen molar-refractivity contribution >= 4 is 16.8 Å². The Kier molecular flexibility index (Phi) is 3.80. The Labute approximate surface area is 114 Å². The number of fused-ring (bicyclic) bond motifs is 1. The summed E-state index contributed by atoms with van der Waals surface area (Å²) >= 11 is 0. The average molecular weight is 261 g/mol. The second-order valence-electron chi connectivity index (χ2n) is 5.92. The third-order valence-corrected chi connectivity index (χ3v) is 3.60. The molecule has 0 unspecified atom stereocenters. The lowest BCUT2D eigenvalue weighted by molar-refractivity contribution is 0.351. The normalized spacial score (nSPS) is 12.1. The molecule has 4 heteroatoms. The summed E-state index contributed by atoms with van der Waals surface area (Å²) in [5, 5.41) is 0. The molecule has 0 aliphatic carbocycles. The fraction of sp³-hybridized carbons (Fsp3) is 0.533. The molecule has 4 nitrogen and oxygen atoms in total. The number of nitrogens with two attached hydrogens (primary N) is 1. The van der Waals surface area contributed by atoms with Crippen LogP contribution in [0.3, 0.4) is 0 Å². The van der Waals surface area contributed by atoms with Crippen LogP contribution in [0.1, 0.15) is 26.2 Å². The van der Waals surface area contributed by atoms with Gasteiger partial charge in [-0.2, -0.15) is 0 Å². The molecule has 0 amide bonds. The van der Waals surface area contributed by atoms with Crippen molar-refractivity contribution in [2.45, 2.75) is 27.2 Å². The number of benzene rings is 1. The molecule has 0 saturated carbocycles. The van der Waals surface area contributed by atoms with Crippen molar-refractivity contribution in [2.24, 2.45) is 11.1 Å². The van der Waals surface area contributed by atoms with Gasteiger partial charge < -0.3 is 15.1 Å². The van der Waals surface area contributed by atoms with Crippen molar-refractivity contribution < 1.29 is 4.42 Å². The number of oxazole rings is 1. The molecule has 0 fully saturated rings. The van der Waals surface area contributed by atoms with Gasteiger partial charge in [-0.25, -0.2) is 4.98 Å². The van der Waals surface area contributed by atoms with Crippen LogP contribution in [0, 0.1) is 12.3 Å². The molecule has 1 aromatic carbocycles. The summed E-state index contributed by atoms with van der Waals surface area (Å²) < 4.78 is 5.57. The fourth-order valence-electron chi connectivity index (χ4n) is 1.97. The third kappa shape index (κ3) is 3.26. The van der Waals surface area contributed by atoms with Gasteiger partial charge in [0.15, 0.2) is 11.5 Å². The molecule has 1 heterocycles. The highest BCUT2D eigenvalue weighted by Crippen LogP contribution is 2.24. The lowest BCUT2D eigenvalue weighted by Crippen LogP contribution is -2.29. The first-order chi connectivity index (χ1) is 8.91. The smallest absolute Gasteiger partial charge is 0.192 e. The summed E-state index contributed by atoms with van der Waals surface area (Å²) in [4.78, 5) is 6.54. The number of hydrogen-bond donors (Lipinski definition) is 1. The average Bonchev–Trinajstić information content (AvgIpc) is 2.75. The van der Waals surface area contributed by atoms with Gasteiger partial charge in [0.25, 0.3) is 0 Å². The van der Waals surface area contributed by atoms with Crippen molar-refractivity contribution in [3.8, 4) is 0 Å². The molecule has 1 aromatic heterocycles. The van der Waals surface area contributed by atoms with E-state index in [2.05, 4.69) is 36.8 Å². The predicted octanol–water partition coefficient (Wildman–Crippen LogP) is 2.95. The minimum atomic E-state index is 0.182. The van der Waals surface area contributed by atoms with E-state index in [1.807, 2.05) is 19.1 Å². The van der Waals surface area contributed by atoms with Gasteiger partial charge >= 0.3 is 0 Å². The molecule has 104 valence electrons. The zero-order valence-electron chi connectivity index (χ0n) is 12.2. The second kappa shape index (κ2) is 5.21. The van der Waals surface area contributed by atoms with Gasteiger partial charge in [-0.3, -0.25) is 0 Å². The van der Waals surface area contributed by atoms with E-state index in [0.29, 0.717) is 12.4 Å². The molecule has 2 N–H and O–H groups in total. The van der Waals surface area contributed by atoms with E-state index in [1.54, 1.807) is 0 Å². The number of aryl methyl sites for hydroxylation is 1. The summed E-state index contributed by atoms with van der Waals surface area (Å²) in [5.74, 6) is 0.707. The van der Waals surface area contributed by atoms with E-state index in [-0.39, 0.29) is 5.41 Å². The molecule has 0 aliphatic rings. The van der Waals surface area contributed by atoms with E-state index in [0.717, 1.165) is 29.8 Å². The monoisotopic (exact) mass is 261 g/mol. The van der Waals surface area contributed by atoms with Crippen molar-refractivity contribution in [3.63, 3.8) is 0 Å². The number of rotatable bonds is 5. The Balaban J connectivity index is 2.10. The molecule has 19 heavy (non-hydrogen) atoms. The van der Waals surface area contributed by atoms with Crippen LogP contribution in [0.2, 0.25) is 0 Å². The molecule has 0 saturated heterocycles. The maximum atomic E-state index is 5.77. The van der Waals surface area contributed by atoms with Crippen LogP contribution in [0.15, 0.2) is 22.6 Å². The summed E-state index contributed by atoms with van der Waals surface area (Å²) in [6.07, 6.45) is 1.06. The standard InChI is InChI=1S/C15H23N3O/c1-11-17-13-6-5-12(9-14(13)19-11)18(4)8-7-15(2,3)10-16/h5-6,9H,7-8,10,16H2,1-4H3. The molecule has 2 rings (SSSR count). The Morgan fingerprint density at radius 1 is 1.37 bits per heavy atom. The van der Waals surface area contributed by atoms with Crippen LogP contribution in [0.4, 0.5) is 5.69 Å². The predicted molar refractivity (Wildman–Crippen MR) is 79.5 cm³/mol. The van der Waals surface area contributed by atoms with Crippen molar-refractivity contribution in [3.05, 3.63) is 24.1 Å². The van der Waals surface area contributed by atoms with Gasteiger partial charge in [-0.1, -0.05) is 13.8 Å². The van der Waals surface area contributed by atoms with Crippen LogP contribution < -0.4 is 10.6 Å². The minimum absolute atomic E-state index is 0.182. The summed E-state index contributed by atoms with van der Waals surface area (Å²) in [5.41, 5.74) is 8.86. The molecule has 2 aromatic rings. The zero-order chi connectivity index (χ0) is 14.0. The fourth-order valence-corrected chi connectivity index (χ4v) is 1.97. The van der Waals surface area contributed by atoms with Crippen LogP contribution in [0.25, 0.3) is 11.1 Å². The van der Waals surface area contributed by atoms with Gasteiger partial charge in [0.1, 0.15) is 5.52 Å². The summed E-state index contributed by atoms with van der Waals surface area (Å²) in [6, 6.07) is 6.14. The Morgan fingerprint density at radius 2 is 2.11 bits per heavy atom. The summed E-state index contributed by atoms with van der Waals surface area (Å²) in [7, 11) is 2.09. The molecule has 0 atom stereocenters. The van der Waals surface area contributed by atoms with Gasteiger partial charge in [0.05, 0.1) is 0 Å². The van der Waals surface area contributed by atoms with E-state index < -0.39 is 0 Å². The maximum absolute atomic E-state index is 5.77. The van der Waals surface area contributed by atoms with Crippen molar-refractivity contribution in [2.75, 3.05) is 25.0 Å². The van der Waals surface area contributed by atoms with Gasteiger partial charge in [-0.05, 0) is 30.5 Å². The summed E-state index contributed by atoms with van der Waals surface area (Å²) in [6.45, 7) is 7.95. The second-order valence-corrected chi connectivity index (χ2v) is 5.92. The lowest BCUT2D eigenvalue weighted by Gasteiger charge is -2.27. The van der Waals surface area contributed by atoms with Crippen LogP contribution in [-0.2, 0) is 0 Å². The maximum Gasteiger partial charge on any atom is 0.192 e. The lowest BCUT2D eigenvalue weighted by atomic mass is 9.89. The SMILES string of the molecule is Cc1nc2ccc(N(C)CCC(C)(C)CN)cc2o1. The van der Waals surface area contributed by atoms with Crippen molar-refractivity contribution in [1.29, 1.82) is 0 Å². The molecule has 0 aliphatic heterocycles. The van der Waals surface area contributed by atoms with Crippen LogP contribution in [-0.4, -0.2) is 25.1 Å². The Bertz CT molecular complexity index is 560. The Hall–Kier alpha value is -1.55. The quantitative estimate of drug-likeness (QED) is 0.899. The Morgan fingerprint density at radius 3 is 2.79 bits per heavy atom.